The third-order valence-corrected chi connectivity index (χ3v) is 7.80. The number of hydrogen-bond donors (Lipinski definition) is 0. The molecule has 5 fully saturated rings. The van der Waals surface area contributed by atoms with Gasteiger partial charge >= 0.3 is 0 Å². The molecule has 1 atom stereocenters. The summed E-state index contributed by atoms with van der Waals surface area (Å²) in [4.78, 5) is 12.4. The minimum atomic E-state index is -0.513. The van der Waals surface area contributed by atoms with Gasteiger partial charge in [0.25, 0.3) is 0 Å². The van der Waals surface area contributed by atoms with Crippen LogP contribution in [0.3, 0.4) is 0 Å². The van der Waals surface area contributed by atoms with E-state index in [0.717, 1.165) is 29.4 Å². The molecule has 0 amide bonds. The predicted octanol–water partition coefficient (Wildman–Crippen LogP) is 5.74. The maximum atomic E-state index is 6.48. The second-order valence-corrected chi connectivity index (χ2v) is 9.38. The van der Waals surface area contributed by atoms with E-state index in [1.54, 1.807) is 0 Å². The maximum Gasteiger partial charge on any atom is 0.207 e. The first kappa shape index (κ1) is 17.2. The van der Waals surface area contributed by atoms with Gasteiger partial charge in [-0.1, -0.05) is 49.0 Å². The Morgan fingerprint density at radius 2 is 1.61 bits per heavy atom. The van der Waals surface area contributed by atoms with E-state index in [2.05, 4.69) is 49.0 Å². The van der Waals surface area contributed by atoms with Gasteiger partial charge in [0.15, 0.2) is 0 Å². The average Bonchev–Trinajstić information content (AvgIpc) is 2.95. The van der Waals surface area contributed by atoms with Crippen LogP contribution in [0.5, 0.6) is 0 Å². The number of ether oxygens (including phenoxy) is 1. The van der Waals surface area contributed by atoms with Crippen LogP contribution in [-0.2, 0) is 14.5 Å². The molecule has 1 heterocycles. The van der Waals surface area contributed by atoms with Crippen molar-refractivity contribution in [1.82, 2.24) is 0 Å². The zero-order valence-corrected chi connectivity index (χ0v) is 16.3. The molecule has 2 aromatic carbocycles. The number of benzene rings is 2. The molecule has 0 aromatic heterocycles. The van der Waals surface area contributed by atoms with E-state index in [-0.39, 0.29) is 6.10 Å². The summed E-state index contributed by atoms with van der Waals surface area (Å²) < 4.78 is 6.48. The Balaban J connectivity index is 1.26. The van der Waals surface area contributed by atoms with Crippen LogP contribution < -0.4 is 0 Å². The molecule has 1 unspecified atom stereocenters. The molecular formula is C25H28O3. The van der Waals surface area contributed by atoms with E-state index in [4.69, 9.17) is 14.5 Å². The molecule has 1 aliphatic heterocycles. The molecule has 0 radical (unpaired) electrons. The highest BCUT2D eigenvalue weighted by Crippen LogP contribution is 2.60. The molecule has 1 spiro atoms. The first-order valence-electron chi connectivity index (χ1n) is 10.9. The molecule has 0 N–H and O–H groups in total. The smallest absolute Gasteiger partial charge is 0.207 e. The lowest BCUT2D eigenvalue weighted by molar-refractivity contribution is -0.469. The van der Waals surface area contributed by atoms with Gasteiger partial charge in [-0.2, -0.15) is 4.89 Å². The van der Waals surface area contributed by atoms with Gasteiger partial charge in [0.05, 0.1) is 6.61 Å². The second kappa shape index (κ2) is 6.41. The molecule has 3 nitrogen and oxygen atoms in total. The summed E-state index contributed by atoms with van der Waals surface area (Å²) in [5.41, 5.74) is 2.13. The van der Waals surface area contributed by atoms with Crippen molar-refractivity contribution in [3.8, 4) is 0 Å². The van der Waals surface area contributed by atoms with E-state index >= 15 is 0 Å². The summed E-state index contributed by atoms with van der Waals surface area (Å²) in [6.07, 6.45) is 7.01. The lowest BCUT2D eigenvalue weighted by atomic mass is 9.53. The highest BCUT2D eigenvalue weighted by molar-refractivity contribution is 5.94. The van der Waals surface area contributed by atoms with Gasteiger partial charge in [0, 0.05) is 18.3 Å². The summed E-state index contributed by atoms with van der Waals surface area (Å²) in [6.45, 7) is 5.08. The Labute approximate surface area is 166 Å². The fourth-order valence-corrected chi connectivity index (χ4v) is 6.65. The molecule has 146 valence electrons. The summed E-state index contributed by atoms with van der Waals surface area (Å²) in [7, 11) is 0. The summed E-state index contributed by atoms with van der Waals surface area (Å²) in [5, 5.41) is 2.44. The topological polar surface area (TPSA) is 27.7 Å². The minimum Gasteiger partial charge on any atom is -0.347 e. The first-order chi connectivity index (χ1) is 13.7. The van der Waals surface area contributed by atoms with Gasteiger partial charge < -0.3 is 4.74 Å². The van der Waals surface area contributed by atoms with Gasteiger partial charge in [-0.05, 0) is 65.8 Å². The van der Waals surface area contributed by atoms with Gasteiger partial charge in [0.2, 0.25) is 5.79 Å². The maximum absolute atomic E-state index is 6.48. The number of rotatable bonds is 2. The molecular weight excluding hydrogens is 348 g/mol. The summed E-state index contributed by atoms with van der Waals surface area (Å²) in [6, 6.07) is 14.8. The number of fused-ring (bicyclic) bond motifs is 1. The quantitative estimate of drug-likeness (QED) is 0.625. The van der Waals surface area contributed by atoms with E-state index < -0.39 is 5.79 Å². The van der Waals surface area contributed by atoms with Crippen LogP contribution in [0.2, 0.25) is 0 Å². The molecule has 4 aliphatic carbocycles. The SMILES string of the molecule is C=C(c1cccc2ccccc12)C1CCOC2(OO1)C1CC3CC(C1)CC2C3. The predicted molar refractivity (Wildman–Crippen MR) is 109 cm³/mol. The Morgan fingerprint density at radius 1 is 0.893 bits per heavy atom. The fourth-order valence-electron chi connectivity index (χ4n) is 6.65. The number of hydrogen-bond acceptors (Lipinski definition) is 3. The molecule has 4 saturated carbocycles. The monoisotopic (exact) mass is 376 g/mol. The second-order valence-electron chi connectivity index (χ2n) is 9.38. The summed E-state index contributed by atoms with van der Waals surface area (Å²) in [5.74, 6) is 2.23. The van der Waals surface area contributed by atoms with Crippen molar-refractivity contribution in [2.45, 2.75) is 50.4 Å². The zero-order valence-electron chi connectivity index (χ0n) is 16.3. The van der Waals surface area contributed by atoms with Crippen LogP contribution in [0.1, 0.15) is 44.1 Å². The largest absolute Gasteiger partial charge is 0.347 e. The standard InChI is InChI=1S/C25H28O3/c1-16(22-8-4-6-19-5-2-3-7-23(19)22)24-9-10-26-25(28-27-24)20-12-17-11-18(14-20)15-21(25)13-17/h2-8,17-18,20-21,24H,1,9-15H2. The van der Waals surface area contributed by atoms with Crippen LogP contribution in [0.25, 0.3) is 16.3 Å². The lowest BCUT2D eigenvalue weighted by Crippen LogP contribution is -2.60. The molecule has 5 aliphatic rings. The van der Waals surface area contributed by atoms with Crippen LogP contribution in [0, 0.1) is 23.7 Å². The van der Waals surface area contributed by atoms with Crippen molar-refractivity contribution in [2.24, 2.45) is 23.7 Å². The third kappa shape index (κ3) is 2.53. The van der Waals surface area contributed by atoms with Gasteiger partial charge in [-0.15, -0.1) is 0 Å². The average molecular weight is 376 g/mol. The zero-order chi connectivity index (χ0) is 18.7. The van der Waals surface area contributed by atoms with Crippen LogP contribution >= 0.6 is 0 Å². The summed E-state index contributed by atoms with van der Waals surface area (Å²) >= 11 is 0. The molecule has 7 rings (SSSR count). The van der Waals surface area contributed by atoms with E-state index in [9.17, 15) is 0 Å². The first-order valence-corrected chi connectivity index (χ1v) is 10.9. The van der Waals surface area contributed by atoms with Crippen molar-refractivity contribution >= 4 is 16.3 Å². The molecule has 1 saturated heterocycles. The van der Waals surface area contributed by atoms with Crippen molar-refractivity contribution in [3.63, 3.8) is 0 Å². The third-order valence-electron chi connectivity index (χ3n) is 7.80. The van der Waals surface area contributed by atoms with Crippen LogP contribution in [0.15, 0.2) is 49.0 Å². The van der Waals surface area contributed by atoms with Crippen molar-refractivity contribution in [3.05, 3.63) is 54.6 Å². The van der Waals surface area contributed by atoms with E-state index in [1.807, 2.05) is 0 Å². The Hall–Kier alpha value is -1.68. The van der Waals surface area contributed by atoms with Gasteiger partial charge in [-0.3, -0.25) is 0 Å². The Kier molecular flexibility index (Phi) is 3.94. The van der Waals surface area contributed by atoms with Gasteiger partial charge in [0.1, 0.15) is 6.10 Å². The Bertz CT molecular complexity index is 884. The van der Waals surface area contributed by atoms with Crippen molar-refractivity contribution < 1.29 is 14.5 Å². The minimum absolute atomic E-state index is 0.164. The fraction of sp³-hybridized carbons (Fsp3) is 0.520. The van der Waals surface area contributed by atoms with E-state index in [0.29, 0.717) is 18.4 Å². The van der Waals surface area contributed by atoms with Crippen molar-refractivity contribution in [1.29, 1.82) is 0 Å². The van der Waals surface area contributed by atoms with Crippen LogP contribution in [-0.4, -0.2) is 18.5 Å². The molecule has 2 aromatic rings. The Morgan fingerprint density at radius 3 is 2.39 bits per heavy atom. The highest BCUT2D eigenvalue weighted by atomic mass is 17.2. The van der Waals surface area contributed by atoms with Crippen LogP contribution in [0.4, 0.5) is 0 Å². The lowest BCUT2D eigenvalue weighted by Gasteiger charge is -2.58. The molecule has 28 heavy (non-hydrogen) atoms. The van der Waals surface area contributed by atoms with Crippen molar-refractivity contribution in [2.75, 3.05) is 6.61 Å². The molecule has 4 bridgehead atoms. The normalized spacial score (nSPS) is 39.4. The molecule has 3 heteroatoms. The van der Waals surface area contributed by atoms with E-state index in [1.165, 1.54) is 42.9 Å². The highest BCUT2D eigenvalue weighted by Gasteiger charge is 2.61. The van der Waals surface area contributed by atoms with Gasteiger partial charge in [-0.25, -0.2) is 4.89 Å².